The van der Waals surface area contributed by atoms with Gasteiger partial charge in [0.2, 0.25) is 5.75 Å². The summed E-state index contributed by atoms with van der Waals surface area (Å²) < 4.78 is 28.0. The van der Waals surface area contributed by atoms with Gasteiger partial charge in [0.05, 0.1) is 41.6 Å². The van der Waals surface area contributed by atoms with Crippen molar-refractivity contribution in [2.24, 2.45) is 0 Å². The van der Waals surface area contributed by atoms with E-state index in [4.69, 9.17) is 23.7 Å². The Labute approximate surface area is 195 Å². The second-order valence-electron chi connectivity index (χ2n) is 8.12. The van der Waals surface area contributed by atoms with E-state index < -0.39 is 0 Å². The monoisotopic (exact) mass is 450 g/mol. The molecule has 0 radical (unpaired) electrons. The summed E-state index contributed by atoms with van der Waals surface area (Å²) in [7, 11) is 8.08. The molecular weight excluding hydrogens is 420 g/mol. The summed E-state index contributed by atoms with van der Waals surface area (Å²) >= 11 is 0. The fraction of sp³-hybridized carbons (Fsp3) is 0.423. The zero-order valence-corrected chi connectivity index (χ0v) is 19.8. The van der Waals surface area contributed by atoms with Crippen LogP contribution in [-0.2, 0) is 0 Å². The van der Waals surface area contributed by atoms with E-state index in [2.05, 4.69) is 17.0 Å². The average Bonchev–Trinajstić information content (AvgIpc) is 3.34. The van der Waals surface area contributed by atoms with Crippen LogP contribution >= 0.6 is 0 Å². The third-order valence-corrected chi connectivity index (χ3v) is 6.65. The molecule has 0 aliphatic carbocycles. The second-order valence-corrected chi connectivity index (χ2v) is 8.12. The average molecular weight is 451 g/mol. The van der Waals surface area contributed by atoms with Crippen LogP contribution in [0.3, 0.4) is 0 Å². The van der Waals surface area contributed by atoms with Gasteiger partial charge in [-0.2, -0.15) is 5.26 Å². The Morgan fingerprint density at radius 1 is 0.848 bits per heavy atom. The van der Waals surface area contributed by atoms with E-state index in [1.165, 1.54) is 5.70 Å². The molecule has 0 N–H and O–H groups in total. The Morgan fingerprint density at radius 3 is 2.18 bits per heavy atom. The summed E-state index contributed by atoms with van der Waals surface area (Å²) in [5, 5.41) is 10.3. The number of fused-ring (bicyclic) bond motifs is 1. The van der Waals surface area contributed by atoms with Gasteiger partial charge in [0.15, 0.2) is 23.0 Å². The molecule has 2 aliphatic heterocycles. The van der Waals surface area contributed by atoms with Crippen LogP contribution in [0.1, 0.15) is 35.8 Å². The minimum atomic E-state index is -0.326. The summed E-state index contributed by atoms with van der Waals surface area (Å²) in [5.41, 5.74) is 3.16. The number of hydrogen-bond donors (Lipinski definition) is 0. The minimum Gasteiger partial charge on any atom is -0.493 e. The predicted molar refractivity (Wildman–Crippen MR) is 125 cm³/mol. The van der Waals surface area contributed by atoms with Crippen LogP contribution in [0.5, 0.6) is 28.7 Å². The number of benzene rings is 2. The Morgan fingerprint density at radius 2 is 1.55 bits per heavy atom. The zero-order valence-electron chi connectivity index (χ0n) is 19.8. The van der Waals surface area contributed by atoms with Gasteiger partial charge < -0.3 is 28.6 Å². The molecule has 7 nitrogen and oxygen atoms in total. The molecular formula is C26H30N2O5. The Kier molecular flexibility index (Phi) is 6.55. The van der Waals surface area contributed by atoms with Crippen LogP contribution in [-0.4, -0.2) is 53.0 Å². The SMILES string of the molecule is COc1ccc(C2C(c3ccc(OC)c(OC)c3OC)C=C3CCCN3C2C#N)cc1OC. The van der Waals surface area contributed by atoms with Crippen LogP contribution in [0.4, 0.5) is 0 Å². The highest BCUT2D eigenvalue weighted by atomic mass is 16.5. The van der Waals surface area contributed by atoms with Gasteiger partial charge in [-0.15, -0.1) is 0 Å². The van der Waals surface area contributed by atoms with Crippen molar-refractivity contribution in [3.8, 4) is 34.8 Å². The van der Waals surface area contributed by atoms with E-state index in [1.54, 1.807) is 35.5 Å². The first kappa shape index (κ1) is 22.7. The van der Waals surface area contributed by atoms with Crippen molar-refractivity contribution >= 4 is 0 Å². The van der Waals surface area contributed by atoms with Crippen LogP contribution in [0.25, 0.3) is 0 Å². The lowest BCUT2D eigenvalue weighted by Crippen LogP contribution is -2.41. The van der Waals surface area contributed by atoms with Gasteiger partial charge in [0, 0.05) is 29.6 Å². The van der Waals surface area contributed by atoms with Crippen molar-refractivity contribution in [3.05, 3.63) is 53.2 Å². The smallest absolute Gasteiger partial charge is 0.203 e. The molecule has 2 aliphatic rings. The van der Waals surface area contributed by atoms with Gasteiger partial charge in [-0.05, 0) is 36.6 Å². The third kappa shape index (κ3) is 3.80. The second kappa shape index (κ2) is 9.53. The molecule has 0 bridgehead atoms. The number of allylic oxidation sites excluding steroid dienone is 2. The summed E-state index contributed by atoms with van der Waals surface area (Å²) in [6, 6.07) is 12.1. The van der Waals surface area contributed by atoms with Gasteiger partial charge in [0.1, 0.15) is 6.04 Å². The Balaban J connectivity index is 1.93. The van der Waals surface area contributed by atoms with Crippen molar-refractivity contribution in [2.75, 3.05) is 42.1 Å². The van der Waals surface area contributed by atoms with Gasteiger partial charge >= 0.3 is 0 Å². The van der Waals surface area contributed by atoms with Gasteiger partial charge in [0.25, 0.3) is 0 Å². The normalized spacial score (nSPS) is 21.5. The highest BCUT2D eigenvalue weighted by Crippen LogP contribution is 2.52. The number of methoxy groups -OCH3 is 5. The topological polar surface area (TPSA) is 73.2 Å². The summed E-state index contributed by atoms with van der Waals surface area (Å²) in [5.74, 6) is 2.81. The highest BCUT2D eigenvalue weighted by molar-refractivity contribution is 5.59. The minimum absolute atomic E-state index is 0.105. The maximum absolute atomic E-state index is 10.3. The number of ether oxygens (including phenoxy) is 5. The van der Waals surface area contributed by atoms with E-state index in [9.17, 15) is 5.26 Å². The highest BCUT2D eigenvalue weighted by Gasteiger charge is 2.43. The van der Waals surface area contributed by atoms with Crippen molar-refractivity contribution in [1.29, 1.82) is 5.26 Å². The van der Waals surface area contributed by atoms with E-state index in [1.807, 2.05) is 30.3 Å². The molecule has 2 aromatic rings. The van der Waals surface area contributed by atoms with Gasteiger partial charge in [-0.25, -0.2) is 0 Å². The standard InChI is InChI=1S/C26H30N2O5/c1-29-21-10-8-16(13-23(21)31-3)24-19(14-17-7-6-12-28(17)20(24)15-27)18-9-11-22(30-2)26(33-5)25(18)32-4/h8-11,13-14,19-20,24H,6-7,12H2,1-5H3. The molecule has 3 unspecified atom stereocenters. The molecule has 2 heterocycles. The first-order valence-electron chi connectivity index (χ1n) is 11.0. The molecule has 0 saturated carbocycles. The largest absolute Gasteiger partial charge is 0.493 e. The molecule has 7 heteroatoms. The fourth-order valence-corrected chi connectivity index (χ4v) is 5.19. The van der Waals surface area contributed by atoms with Crippen molar-refractivity contribution in [3.63, 3.8) is 0 Å². The summed E-state index contributed by atoms with van der Waals surface area (Å²) in [6.45, 7) is 0.879. The maximum atomic E-state index is 10.3. The van der Waals surface area contributed by atoms with Crippen LogP contribution in [0.15, 0.2) is 42.1 Å². The van der Waals surface area contributed by atoms with E-state index >= 15 is 0 Å². The molecule has 0 amide bonds. The Bertz CT molecular complexity index is 1090. The van der Waals surface area contributed by atoms with Crippen LogP contribution in [0.2, 0.25) is 0 Å². The van der Waals surface area contributed by atoms with Crippen molar-refractivity contribution in [1.82, 2.24) is 4.90 Å². The quantitative estimate of drug-likeness (QED) is 0.616. The lowest BCUT2D eigenvalue weighted by Gasteiger charge is -2.41. The molecule has 1 fully saturated rings. The molecule has 33 heavy (non-hydrogen) atoms. The number of nitrogens with zero attached hydrogens (tertiary/aromatic N) is 2. The molecule has 0 aromatic heterocycles. The molecule has 1 saturated heterocycles. The van der Waals surface area contributed by atoms with E-state index in [-0.39, 0.29) is 17.9 Å². The fourth-order valence-electron chi connectivity index (χ4n) is 5.19. The summed E-state index contributed by atoms with van der Waals surface area (Å²) in [6.07, 6.45) is 4.29. The summed E-state index contributed by atoms with van der Waals surface area (Å²) in [4.78, 5) is 2.24. The zero-order chi connectivity index (χ0) is 23.5. The molecule has 0 spiro atoms. The first-order valence-corrected chi connectivity index (χ1v) is 11.0. The molecule has 174 valence electrons. The first-order chi connectivity index (χ1) is 16.1. The molecule has 4 rings (SSSR count). The van der Waals surface area contributed by atoms with E-state index in [0.29, 0.717) is 28.7 Å². The van der Waals surface area contributed by atoms with Crippen LogP contribution in [0, 0.1) is 11.3 Å². The van der Waals surface area contributed by atoms with Crippen LogP contribution < -0.4 is 23.7 Å². The number of nitriles is 1. The predicted octanol–water partition coefficient (Wildman–Crippen LogP) is 4.48. The lowest BCUT2D eigenvalue weighted by molar-refractivity contribution is 0.261. The number of rotatable bonds is 7. The van der Waals surface area contributed by atoms with Gasteiger partial charge in [-0.1, -0.05) is 18.2 Å². The van der Waals surface area contributed by atoms with E-state index in [0.717, 1.165) is 30.5 Å². The lowest BCUT2D eigenvalue weighted by atomic mass is 9.73. The Hall–Kier alpha value is -3.53. The maximum Gasteiger partial charge on any atom is 0.203 e. The molecule has 3 atom stereocenters. The number of hydrogen-bond acceptors (Lipinski definition) is 7. The van der Waals surface area contributed by atoms with Crippen molar-refractivity contribution < 1.29 is 23.7 Å². The third-order valence-electron chi connectivity index (χ3n) is 6.65. The molecule has 2 aromatic carbocycles. The van der Waals surface area contributed by atoms with Crippen molar-refractivity contribution in [2.45, 2.75) is 30.7 Å². The van der Waals surface area contributed by atoms with Gasteiger partial charge in [-0.3, -0.25) is 0 Å².